The second-order valence-electron chi connectivity index (χ2n) is 9.89. The molecule has 0 aromatic heterocycles. The zero-order valence-corrected chi connectivity index (χ0v) is 19.2. The molecule has 0 saturated heterocycles. The normalized spacial score (nSPS) is 13.7. The molecule has 0 amide bonds. The molecular formula is C22H38O3Si. The summed E-state index contributed by atoms with van der Waals surface area (Å²) in [6.07, 6.45) is 1.70. The van der Waals surface area contributed by atoms with Crippen molar-refractivity contribution in [2.75, 3.05) is 6.61 Å². The van der Waals surface area contributed by atoms with E-state index in [1.807, 2.05) is 24.3 Å². The van der Waals surface area contributed by atoms with Crippen LogP contribution in [0.5, 0.6) is 0 Å². The number of hydrogen-bond donors (Lipinski definition) is 0. The Kier molecular flexibility index (Phi) is 7.42. The number of hydrogen-bond acceptors (Lipinski definition) is 3. The molecule has 148 valence electrons. The predicted octanol–water partition coefficient (Wildman–Crippen LogP) is 6.03. The number of benzene rings is 1. The molecule has 26 heavy (non-hydrogen) atoms. The molecule has 0 aliphatic carbocycles. The van der Waals surface area contributed by atoms with E-state index in [4.69, 9.17) is 9.47 Å². The zero-order chi connectivity index (χ0) is 20.2. The lowest BCUT2D eigenvalue weighted by Gasteiger charge is -2.48. The molecule has 1 rings (SSSR count). The number of carbonyl (C=O) groups excluding carboxylic acids is 1. The first-order valence-corrected chi connectivity index (χ1v) is 12.5. The highest BCUT2D eigenvalue weighted by Crippen LogP contribution is 2.44. The third kappa shape index (κ3) is 6.03. The third-order valence-electron chi connectivity index (χ3n) is 6.29. The van der Waals surface area contributed by atoms with Gasteiger partial charge >= 0.3 is 0 Å². The Labute approximate surface area is 161 Å². The molecule has 0 atom stereocenters. The van der Waals surface area contributed by atoms with Crippen LogP contribution in [0.3, 0.4) is 0 Å². The van der Waals surface area contributed by atoms with E-state index in [1.165, 1.54) is 0 Å². The van der Waals surface area contributed by atoms with Gasteiger partial charge in [-0.1, -0.05) is 58.1 Å². The molecule has 0 aliphatic heterocycles. The molecule has 0 saturated carbocycles. The smallest absolute Gasteiger partial charge is 0.150 e. The Bertz CT molecular complexity index is 580. The summed E-state index contributed by atoms with van der Waals surface area (Å²) in [5, 5.41) is 0.197. The van der Waals surface area contributed by atoms with Crippen LogP contribution in [0.25, 0.3) is 0 Å². The lowest BCUT2D eigenvalue weighted by atomic mass is 10.1. The van der Waals surface area contributed by atoms with Gasteiger partial charge in [-0.3, -0.25) is 4.79 Å². The molecule has 0 N–H and O–H groups in total. The highest BCUT2D eigenvalue weighted by atomic mass is 28.3. The van der Waals surface area contributed by atoms with Crippen LogP contribution in [-0.4, -0.2) is 31.8 Å². The minimum atomic E-state index is -1.60. The van der Waals surface area contributed by atoms with Gasteiger partial charge in [0, 0.05) is 12.2 Å². The lowest BCUT2D eigenvalue weighted by Crippen LogP contribution is -2.58. The molecule has 3 nitrogen and oxygen atoms in total. The monoisotopic (exact) mass is 378 g/mol. The second kappa shape index (κ2) is 8.36. The summed E-state index contributed by atoms with van der Waals surface area (Å²) in [4.78, 5) is 10.7. The Hall–Kier alpha value is -0.973. The quantitative estimate of drug-likeness (QED) is 0.389. The van der Waals surface area contributed by atoms with Crippen molar-refractivity contribution in [1.82, 2.24) is 0 Å². The number of rotatable bonds is 9. The van der Waals surface area contributed by atoms with Crippen LogP contribution in [0, 0.1) is 0 Å². The molecule has 4 heteroatoms. The summed E-state index contributed by atoms with van der Waals surface area (Å²) in [5.74, 6) is 0. The predicted molar refractivity (Wildman–Crippen MR) is 113 cm³/mol. The number of carbonyl (C=O) groups is 1. The van der Waals surface area contributed by atoms with Crippen molar-refractivity contribution in [2.45, 2.75) is 90.5 Å². The molecule has 0 aliphatic rings. The van der Waals surface area contributed by atoms with Gasteiger partial charge in [0.15, 0.2) is 0 Å². The molecule has 1 aromatic rings. The fraction of sp³-hybridized carbons (Fsp3) is 0.682. The van der Waals surface area contributed by atoms with E-state index < -0.39 is 8.07 Å². The summed E-state index contributed by atoms with van der Waals surface area (Å²) in [7, 11) is -1.60. The first-order valence-electron chi connectivity index (χ1n) is 9.54. The van der Waals surface area contributed by atoms with Crippen molar-refractivity contribution in [2.24, 2.45) is 0 Å². The average molecular weight is 379 g/mol. The molecule has 0 heterocycles. The SMILES string of the molecule is CC(C)(CCOC(C)(C)[Si](C)(C)C(C)(C)C)OCc1ccc(C=O)cc1. The van der Waals surface area contributed by atoms with Crippen molar-refractivity contribution < 1.29 is 14.3 Å². The van der Waals surface area contributed by atoms with Crippen molar-refractivity contribution in [3.63, 3.8) is 0 Å². The van der Waals surface area contributed by atoms with Gasteiger partial charge in [0.2, 0.25) is 0 Å². The maximum atomic E-state index is 10.7. The van der Waals surface area contributed by atoms with E-state index in [-0.39, 0.29) is 15.9 Å². The minimum Gasteiger partial charge on any atom is -0.379 e. The van der Waals surface area contributed by atoms with Crippen LogP contribution in [0.1, 0.15) is 70.8 Å². The first-order chi connectivity index (χ1) is 11.7. The second-order valence-corrected chi connectivity index (χ2v) is 15.8. The van der Waals surface area contributed by atoms with Crippen molar-refractivity contribution in [3.05, 3.63) is 35.4 Å². The highest BCUT2D eigenvalue weighted by molar-refractivity contribution is 6.82. The average Bonchev–Trinajstić information content (AvgIpc) is 2.52. The van der Waals surface area contributed by atoms with Crippen LogP contribution in [0.2, 0.25) is 18.1 Å². The zero-order valence-electron chi connectivity index (χ0n) is 18.2. The molecule has 0 fully saturated rings. The van der Waals surface area contributed by atoms with Gasteiger partial charge in [-0.15, -0.1) is 0 Å². The van der Waals surface area contributed by atoms with Crippen molar-refractivity contribution in [3.8, 4) is 0 Å². The van der Waals surface area contributed by atoms with Crippen LogP contribution < -0.4 is 0 Å². The molecule has 0 spiro atoms. The van der Waals surface area contributed by atoms with Gasteiger partial charge in [-0.25, -0.2) is 0 Å². The Balaban J connectivity index is 2.55. The van der Waals surface area contributed by atoms with E-state index in [9.17, 15) is 4.79 Å². The van der Waals surface area contributed by atoms with Crippen LogP contribution in [-0.2, 0) is 16.1 Å². The topological polar surface area (TPSA) is 35.5 Å². The lowest BCUT2D eigenvalue weighted by molar-refractivity contribution is -0.0636. The molecule has 0 radical (unpaired) electrons. The van der Waals surface area contributed by atoms with Gasteiger partial charge in [-0.05, 0) is 44.7 Å². The third-order valence-corrected chi connectivity index (χ3v) is 13.2. The summed E-state index contributed by atoms with van der Waals surface area (Å²) < 4.78 is 12.5. The minimum absolute atomic E-state index is 0.0913. The molecule has 1 aromatic carbocycles. The number of ether oxygens (including phenoxy) is 2. The van der Waals surface area contributed by atoms with Crippen LogP contribution in [0.15, 0.2) is 24.3 Å². The van der Waals surface area contributed by atoms with Crippen molar-refractivity contribution in [1.29, 1.82) is 0 Å². The summed E-state index contributed by atoms with van der Waals surface area (Å²) in [6, 6.07) is 7.53. The Morgan fingerprint density at radius 1 is 0.923 bits per heavy atom. The summed E-state index contributed by atoms with van der Waals surface area (Å²) in [6.45, 7) is 21.7. The van der Waals surface area contributed by atoms with Gasteiger partial charge in [0.25, 0.3) is 0 Å². The fourth-order valence-electron chi connectivity index (χ4n) is 2.68. The standard InChI is InChI=1S/C22H38O3Si/c1-20(2,3)26(8,9)22(6,7)24-15-14-21(4,5)25-17-19-12-10-18(16-23)11-13-19/h10-13,16H,14-15,17H2,1-9H3. The number of aldehydes is 1. The largest absolute Gasteiger partial charge is 0.379 e. The molecule has 0 unspecified atom stereocenters. The fourth-order valence-corrected chi connectivity index (χ4v) is 4.95. The van der Waals surface area contributed by atoms with Crippen LogP contribution >= 0.6 is 0 Å². The summed E-state index contributed by atoms with van der Waals surface area (Å²) >= 11 is 0. The highest BCUT2D eigenvalue weighted by Gasteiger charge is 2.48. The Morgan fingerprint density at radius 3 is 1.92 bits per heavy atom. The molecular weight excluding hydrogens is 340 g/mol. The van der Waals surface area contributed by atoms with Crippen molar-refractivity contribution >= 4 is 14.4 Å². The summed E-state index contributed by atoms with van der Waals surface area (Å²) in [5.41, 5.74) is 1.51. The van der Waals surface area contributed by atoms with Gasteiger partial charge in [0.1, 0.15) is 6.29 Å². The van der Waals surface area contributed by atoms with E-state index in [0.29, 0.717) is 18.8 Å². The maximum Gasteiger partial charge on any atom is 0.150 e. The van der Waals surface area contributed by atoms with E-state index in [2.05, 4.69) is 61.6 Å². The van der Waals surface area contributed by atoms with Gasteiger partial charge in [0.05, 0.1) is 25.5 Å². The van der Waals surface area contributed by atoms with E-state index in [1.54, 1.807) is 0 Å². The maximum absolute atomic E-state index is 10.7. The molecule has 0 bridgehead atoms. The first kappa shape index (κ1) is 23.1. The van der Waals surface area contributed by atoms with Gasteiger partial charge < -0.3 is 9.47 Å². The van der Waals surface area contributed by atoms with E-state index in [0.717, 1.165) is 18.3 Å². The Morgan fingerprint density at radius 2 is 1.46 bits per heavy atom. The van der Waals surface area contributed by atoms with Gasteiger partial charge in [-0.2, -0.15) is 0 Å². The van der Waals surface area contributed by atoms with Crippen LogP contribution in [0.4, 0.5) is 0 Å². The van der Waals surface area contributed by atoms with E-state index >= 15 is 0 Å².